The van der Waals surface area contributed by atoms with E-state index in [-0.39, 0.29) is 54.1 Å². The second kappa shape index (κ2) is 13.6. The number of rotatable bonds is 9. The molecule has 2 aromatic rings. The monoisotopic (exact) mass is 530 g/mol. The molecule has 0 saturated carbocycles. The largest absolute Gasteiger partial charge is 0.508 e. The molecule has 0 aliphatic heterocycles. The number of anilines is 1. The van der Waals surface area contributed by atoms with Gasteiger partial charge in [-0.05, 0) is 49.7 Å². The fourth-order valence-electron chi connectivity index (χ4n) is 2.45. The van der Waals surface area contributed by atoms with Crippen molar-refractivity contribution in [1.29, 1.82) is 0 Å². The van der Waals surface area contributed by atoms with Gasteiger partial charge >= 0.3 is 0 Å². The first-order valence-corrected chi connectivity index (χ1v) is 9.53. The summed E-state index contributed by atoms with van der Waals surface area (Å²) in [6.45, 7) is 4.90. The first kappa shape index (κ1) is 25.5. The van der Waals surface area contributed by atoms with Crippen molar-refractivity contribution >= 4 is 41.5 Å². The number of nitrogens with one attached hydrogen (secondary N) is 3. The minimum absolute atomic E-state index is 0. The number of halogens is 2. The first-order valence-electron chi connectivity index (χ1n) is 9.53. The molecule has 1 atom stereocenters. The number of hydrogen-bond donors (Lipinski definition) is 4. The SMILES string of the molecule is CCNC(=NCC(=O)Nc1ccc(O)cc1)NCC(CC)Oc1cccc(F)c1.I. The summed E-state index contributed by atoms with van der Waals surface area (Å²) in [5.74, 6) is 0.449. The highest BCUT2D eigenvalue weighted by Gasteiger charge is 2.10. The Balaban J connectivity index is 0.00000450. The van der Waals surface area contributed by atoms with Gasteiger partial charge in [-0.25, -0.2) is 9.38 Å². The van der Waals surface area contributed by atoms with E-state index in [0.29, 0.717) is 36.9 Å². The zero-order chi connectivity index (χ0) is 21.1. The lowest BCUT2D eigenvalue weighted by Gasteiger charge is -2.20. The average molecular weight is 530 g/mol. The van der Waals surface area contributed by atoms with Crippen molar-refractivity contribution in [3.63, 3.8) is 0 Å². The summed E-state index contributed by atoms with van der Waals surface area (Å²) in [7, 11) is 0. The molecule has 0 saturated heterocycles. The summed E-state index contributed by atoms with van der Waals surface area (Å²) >= 11 is 0. The number of guanidine groups is 1. The van der Waals surface area contributed by atoms with E-state index in [4.69, 9.17) is 4.74 Å². The second-order valence-electron chi connectivity index (χ2n) is 6.28. The van der Waals surface area contributed by atoms with Crippen LogP contribution in [0.2, 0.25) is 0 Å². The Hall–Kier alpha value is -2.56. The van der Waals surface area contributed by atoms with Crippen LogP contribution in [-0.2, 0) is 4.79 Å². The summed E-state index contributed by atoms with van der Waals surface area (Å²) in [6.07, 6.45) is 0.524. The molecule has 1 unspecified atom stereocenters. The van der Waals surface area contributed by atoms with Crippen molar-refractivity contribution in [2.45, 2.75) is 26.4 Å². The van der Waals surface area contributed by atoms with Gasteiger partial charge in [0.05, 0.1) is 6.54 Å². The number of carbonyl (C=O) groups excluding carboxylic acids is 1. The van der Waals surface area contributed by atoms with Crippen molar-refractivity contribution in [2.75, 3.05) is 25.0 Å². The van der Waals surface area contributed by atoms with Crippen molar-refractivity contribution < 1.29 is 19.0 Å². The Morgan fingerprint density at radius 1 is 1.17 bits per heavy atom. The molecule has 0 heterocycles. The topological polar surface area (TPSA) is 95.0 Å². The fourth-order valence-corrected chi connectivity index (χ4v) is 2.45. The van der Waals surface area contributed by atoms with Gasteiger partial charge < -0.3 is 25.8 Å². The third-order valence-corrected chi connectivity index (χ3v) is 3.93. The summed E-state index contributed by atoms with van der Waals surface area (Å²) < 4.78 is 19.1. The van der Waals surface area contributed by atoms with E-state index in [1.165, 1.54) is 24.3 Å². The van der Waals surface area contributed by atoms with Gasteiger partial charge in [0.25, 0.3) is 0 Å². The van der Waals surface area contributed by atoms with E-state index in [1.807, 2.05) is 13.8 Å². The molecule has 0 aliphatic rings. The van der Waals surface area contributed by atoms with Crippen LogP contribution in [-0.4, -0.2) is 42.7 Å². The average Bonchev–Trinajstić information content (AvgIpc) is 2.70. The van der Waals surface area contributed by atoms with Gasteiger partial charge in [-0.3, -0.25) is 4.79 Å². The van der Waals surface area contributed by atoms with E-state index >= 15 is 0 Å². The molecule has 0 radical (unpaired) electrons. The molecule has 7 nitrogen and oxygen atoms in total. The van der Waals surface area contributed by atoms with Crippen molar-refractivity contribution in [2.24, 2.45) is 4.99 Å². The van der Waals surface area contributed by atoms with Gasteiger partial charge in [0, 0.05) is 18.3 Å². The van der Waals surface area contributed by atoms with Crippen molar-refractivity contribution in [3.8, 4) is 11.5 Å². The number of ether oxygens (including phenoxy) is 1. The zero-order valence-electron chi connectivity index (χ0n) is 17.0. The number of phenols is 1. The maximum atomic E-state index is 13.3. The molecule has 1 amide bonds. The van der Waals surface area contributed by atoms with E-state index in [9.17, 15) is 14.3 Å². The number of amides is 1. The van der Waals surface area contributed by atoms with Gasteiger partial charge in [0.1, 0.15) is 30.0 Å². The lowest BCUT2D eigenvalue weighted by Crippen LogP contribution is -2.42. The standard InChI is InChI=1S/C21H27FN4O3.HI/c1-3-18(29-19-7-5-6-15(22)12-19)13-24-21(23-4-2)25-14-20(28)26-16-8-10-17(27)11-9-16;/h5-12,18,27H,3-4,13-14H2,1-2H3,(H,26,28)(H2,23,24,25);1H. The molecule has 2 rings (SSSR count). The molecule has 0 aromatic heterocycles. The van der Waals surface area contributed by atoms with Gasteiger partial charge in [0.2, 0.25) is 5.91 Å². The molecule has 4 N–H and O–H groups in total. The Bertz CT molecular complexity index is 818. The molecule has 0 bridgehead atoms. The first-order chi connectivity index (χ1) is 14.0. The van der Waals surface area contributed by atoms with Crippen molar-refractivity contribution in [1.82, 2.24) is 10.6 Å². The predicted octanol–water partition coefficient (Wildman–Crippen LogP) is 3.50. The van der Waals surface area contributed by atoms with Crippen LogP contribution in [0.5, 0.6) is 11.5 Å². The molecule has 0 spiro atoms. The van der Waals surface area contributed by atoms with Crippen LogP contribution in [0.1, 0.15) is 20.3 Å². The molecule has 0 aliphatic carbocycles. The summed E-state index contributed by atoms with van der Waals surface area (Å²) in [6, 6.07) is 12.2. The number of hydrogen-bond acceptors (Lipinski definition) is 4. The van der Waals surface area contributed by atoms with Crippen LogP contribution < -0.4 is 20.7 Å². The molecular weight excluding hydrogens is 502 g/mol. The molecular formula is C21H28FIN4O3. The summed E-state index contributed by atoms with van der Waals surface area (Å²) in [5.41, 5.74) is 0.579. The van der Waals surface area contributed by atoms with E-state index in [1.54, 1.807) is 24.3 Å². The molecule has 9 heteroatoms. The van der Waals surface area contributed by atoms with Crippen LogP contribution in [0.25, 0.3) is 0 Å². The Kier molecular flexibility index (Phi) is 11.6. The Labute approximate surface area is 193 Å². The van der Waals surface area contributed by atoms with Crippen LogP contribution >= 0.6 is 24.0 Å². The highest BCUT2D eigenvalue weighted by Crippen LogP contribution is 2.15. The van der Waals surface area contributed by atoms with Gasteiger partial charge in [-0.2, -0.15) is 0 Å². The third kappa shape index (κ3) is 9.29. The lowest BCUT2D eigenvalue weighted by molar-refractivity contribution is -0.114. The summed E-state index contributed by atoms with van der Waals surface area (Å²) in [4.78, 5) is 16.3. The number of nitrogens with zero attached hydrogens (tertiary/aromatic N) is 1. The predicted molar refractivity (Wildman–Crippen MR) is 127 cm³/mol. The minimum atomic E-state index is -0.347. The number of carbonyl (C=O) groups is 1. The smallest absolute Gasteiger partial charge is 0.246 e. The van der Waals surface area contributed by atoms with E-state index in [0.717, 1.165) is 0 Å². The zero-order valence-corrected chi connectivity index (χ0v) is 19.4. The maximum absolute atomic E-state index is 13.3. The minimum Gasteiger partial charge on any atom is -0.508 e. The van der Waals surface area contributed by atoms with E-state index < -0.39 is 0 Å². The third-order valence-electron chi connectivity index (χ3n) is 3.93. The maximum Gasteiger partial charge on any atom is 0.246 e. The summed E-state index contributed by atoms with van der Waals surface area (Å²) in [5, 5.41) is 18.2. The van der Waals surface area contributed by atoms with E-state index in [2.05, 4.69) is 20.9 Å². The van der Waals surface area contributed by atoms with Crippen LogP contribution in [0.4, 0.5) is 10.1 Å². The molecule has 0 fully saturated rings. The lowest BCUT2D eigenvalue weighted by atomic mass is 10.2. The fraction of sp³-hybridized carbons (Fsp3) is 0.333. The molecule has 30 heavy (non-hydrogen) atoms. The van der Waals surface area contributed by atoms with Crippen LogP contribution in [0.15, 0.2) is 53.5 Å². The van der Waals surface area contributed by atoms with Crippen LogP contribution in [0.3, 0.4) is 0 Å². The number of aliphatic imine (C=N–C) groups is 1. The van der Waals surface area contributed by atoms with Gasteiger partial charge in [-0.1, -0.05) is 13.0 Å². The van der Waals surface area contributed by atoms with Gasteiger partial charge in [0.15, 0.2) is 5.96 Å². The Morgan fingerprint density at radius 3 is 2.53 bits per heavy atom. The molecule has 164 valence electrons. The second-order valence-corrected chi connectivity index (χ2v) is 6.28. The molecule has 2 aromatic carbocycles. The van der Waals surface area contributed by atoms with Gasteiger partial charge in [-0.15, -0.1) is 24.0 Å². The highest BCUT2D eigenvalue weighted by molar-refractivity contribution is 14.0. The number of benzene rings is 2. The number of phenolic OH excluding ortho intramolecular Hbond substituents is 1. The van der Waals surface area contributed by atoms with Crippen LogP contribution in [0, 0.1) is 5.82 Å². The Morgan fingerprint density at radius 2 is 1.90 bits per heavy atom. The van der Waals surface area contributed by atoms with Crippen molar-refractivity contribution in [3.05, 3.63) is 54.3 Å². The normalized spacial score (nSPS) is 11.8. The highest BCUT2D eigenvalue weighted by atomic mass is 127. The number of aromatic hydroxyl groups is 1. The quantitative estimate of drug-likeness (QED) is 0.172.